The predicted octanol–water partition coefficient (Wildman–Crippen LogP) is 0.671. The van der Waals surface area contributed by atoms with E-state index >= 15 is 0 Å². The van der Waals surface area contributed by atoms with Gasteiger partial charge in [0.25, 0.3) is 0 Å². The van der Waals surface area contributed by atoms with Gasteiger partial charge in [0.15, 0.2) is 0 Å². The number of aliphatic imine (C=N–C) groups is 1. The minimum absolute atomic E-state index is 0.280. The summed E-state index contributed by atoms with van der Waals surface area (Å²) in [6.07, 6.45) is -0.653. The third kappa shape index (κ3) is 4.81. The fourth-order valence-electron chi connectivity index (χ4n) is 1.22. The molecule has 2 N–H and O–H groups in total. The van der Waals surface area contributed by atoms with Gasteiger partial charge in [-0.2, -0.15) is 0 Å². The Morgan fingerprint density at radius 2 is 2.11 bits per heavy atom. The van der Waals surface area contributed by atoms with E-state index in [1.807, 2.05) is 30.3 Å². The fourth-order valence-corrected chi connectivity index (χ4v) is 2.21. The predicted molar refractivity (Wildman–Crippen MR) is 69.5 cm³/mol. The van der Waals surface area contributed by atoms with E-state index in [9.17, 15) is 14.6 Å². The van der Waals surface area contributed by atoms with E-state index < -0.39 is 18.1 Å². The van der Waals surface area contributed by atoms with Crippen molar-refractivity contribution in [2.45, 2.75) is 17.0 Å². The third-order valence-electron chi connectivity index (χ3n) is 2.12. The molecule has 5 nitrogen and oxygen atoms in total. The molecule has 1 rings (SSSR count). The zero-order chi connectivity index (χ0) is 13.4. The summed E-state index contributed by atoms with van der Waals surface area (Å²) in [6.45, 7) is 0. The molecule has 0 aliphatic rings. The molecule has 0 radical (unpaired) electrons. The number of nitrogens with zero attached hydrogens (tertiary/aromatic N) is 1. The van der Waals surface area contributed by atoms with Gasteiger partial charge in [-0.25, -0.2) is 0 Å². The van der Waals surface area contributed by atoms with Gasteiger partial charge in [0.05, 0.1) is 0 Å². The molecule has 1 aromatic carbocycles. The first kappa shape index (κ1) is 14.6. The van der Waals surface area contributed by atoms with E-state index in [0.29, 0.717) is 7.15 Å². The topological polar surface area (TPSA) is 87.0 Å². The average molecular weight is 265 g/mol. The van der Waals surface area contributed by atoms with Gasteiger partial charge in [-0.3, -0.25) is 0 Å². The number of rotatable bonds is 7. The molecule has 0 heterocycles. The molecule has 0 saturated carbocycles. The summed E-state index contributed by atoms with van der Waals surface area (Å²) >= 11 is 1.37. The number of thioether (sulfide) groups is 1. The van der Waals surface area contributed by atoms with E-state index in [0.717, 1.165) is 11.0 Å². The quantitative estimate of drug-likeness (QED) is 0.430. The van der Waals surface area contributed by atoms with Crippen molar-refractivity contribution in [1.29, 1.82) is 0 Å². The van der Waals surface area contributed by atoms with Crippen molar-refractivity contribution >= 4 is 31.0 Å². The zero-order valence-corrected chi connectivity index (χ0v) is 10.3. The van der Waals surface area contributed by atoms with E-state index in [1.165, 1.54) is 11.8 Å². The summed E-state index contributed by atoms with van der Waals surface area (Å²) in [6, 6.07) is 8.49. The van der Waals surface area contributed by atoms with Crippen molar-refractivity contribution in [1.82, 2.24) is 0 Å². The molecule has 1 aromatic rings. The van der Waals surface area contributed by atoms with E-state index in [2.05, 4.69) is 4.99 Å². The van der Waals surface area contributed by atoms with Gasteiger partial charge in [0, 0.05) is 0 Å². The third-order valence-corrected chi connectivity index (χ3v) is 3.23. The van der Waals surface area contributed by atoms with Gasteiger partial charge in [-0.05, 0) is 0 Å². The van der Waals surface area contributed by atoms with Crippen molar-refractivity contribution in [2.75, 3.05) is 5.75 Å². The number of carboxylic acids is 1. The number of hydrogen-bond acceptors (Lipinski definition) is 5. The molecular weight excluding hydrogens is 253 g/mol. The normalized spacial score (nSPS) is 14.1. The first-order valence-electron chi connectivity index (χ1n) is 5.21. The molecule has 94 valence electrons. The summed E-state index contributed by atoms with van der Waals surface area (Å²) in [5, 5.41) is 18.2. The summed E-state index contributed by atoms with van der Waals surface area (Å²) in [5.74, 6) is -1.07. The fraction of sp³-hybridized carbons (Fsp3) is 0.273. The Morgan fingerprint density at radius 1 is 1.44 bits per heavy atom. The average Bonchev–Trinajstić information content (AvgIpc) is 2.39. The number of aliphatic hydroxyl groups excluding tert-OH is 1. The maximum absolute atomic E-state index is 10.7. The molecule has 0 bridgehead atoms. The van der Waals surface area contributed by atoms with Gasteiger partial charge in [0.1, 0.15) is 0 Å². The van der Waals surface area contributed by atoms with Crippen LogP contribution >= 0.6 is 11.8 Å². The molecule has 0 spiro atoms. The zero-order valence-electron chi connectivity index (χ0n) is 9.47. The second kappa shape index (κ2) is 7.78. The van der Waals surface area contributed by atoms with Gasteiger partial charge >= 0.3 is 109 Å². The maximum atomic E-state index is 10.7. The molecular formula is C11H12BNO4S. The summed E-state index contributed by atoms with van der Waals surface area (Å²) < 4.78 is 10.2. The standard InChI is InChI=1S/C11H12BNO4S/c14-10(11(15)16)9(13-7-12-17)6-18-8-4-2-1-3-5-8/h1-5,7,9-10,14H,6H2,(H,15,16)/b13-7-/t9-,10-/m0/s1. The number of carboxylic acid groups (broad SMARTS) is 1. The van der Waals surface area contributed by atoms with Crippen LogP contribution in [0.5, 0.6) is 0 Å². The van der Waals surface area contributed by atoms with Crippen LogP contribution in [0.2, 0.25) is 0 Å². The SMILES string of the molecule is O=B/C=N\[C@@H](CSc1ccccc1)[C@H](O)C(=O)O. The Hall–Kier alpha value is -1.47. The Kier molecular flexibility index (Phi) is 6.31. The summed E-state index contributed by atoms with van der Waals surface area (Å²) in [5.41, 5.74) is 0. The molecule has 2 atom stereocenters. The second-order valence-electron chi connectivity index (χ2n) is 3.41. The number of aliphatic hydroxyl groups is 1. The molecule has 0 fully saturated rings. The number of carbonyl (C=O) groups is 1. The van der Waals surface area contributed by atoms with Crippen LogP contribution in [0.25, 0.3) is 0 Å². The van der Waals surface area contributed by atoms with Crippen molar-refractivity contribution in [3.63, 3.8) is 0 Å². The van der Waals surface area contributed by atoms with Crippen molar-refractivity contribution in [3.8, 4) is 0 Å². The van der Waals surface area contributed by atoms with Crippen LogP contribution in [0.3, 0.4) is 0 Å². The molecule has 7 heteroatoms. The van der Waals surface area contributed by atoms with Crippen molar-refractivity contribution in [2.24, 2.45) is 4.99 Å². The molecule has 0 aromatic heterocycles. The second-order valence-corrected chi connectivity index (χ2v) is 4.50. The van der Waals surface area contributed by atoms with Crippen LogP contribution in [0.1, 0.15) is 0 Å². The molecule has 0 amide bonds. The van der Waals surface area contributed by atoms with Crippen LogP contribution < -0.4 is 0 Å². The van der Waals surface area contributed by atoms with Crippen LogP contribution in [-0.2, 0) is 9.50 Å². The number of benzene rings is 1. The van der Waals surface area contributed by atoms with Crippen LogP contribution in [0, 0.1) is 0 Å². The molecule has 0 aliphatic carbocycles. The van der Waals surface area contributed by atoms with Crippen LogP contribution in [0.15, 0.2) is 40.2 Å². The monoisotopic (exact) mass is 265 g/mol. The van der Waals surface area contributed by atoms with Crippen molar-refractivity contribution in [3.05, 3.63) is 30.3 Å². The first-order valence-corrected chi connectivity index (χ1v) is 6.19. The number of aliphatic carboxylic acids is 1. The molecule has 0 aliphatic heterocycles. The minimum atomic E-state index is -1.61. The van der Waals surface area contributed by atoms with E-state index in [4.69, 9.17) is 5.11 Å². The Balaban J connectivity index is 2.64. The molecule has 18 heavy (non-hydrogen) atoms. The first-order chi connectivity index (χ1) is 8.65. The number of hydrogen-bond donors (Lipinski definition) is 2. The molecule has 0 unspecified atom stereocenters. The van der Waals surface area contributed by atoms with Gasteiger partial charge in [-0.15, -0.1) is 0 Å². The van der Waals surface area contributed by atoms with Crippen LogP contribution in [-0.4, -0.2) is 47.3 Å². The Bertz CT molecular complexity index is 426. The van der Waals surface area contributed by atoms with Crippen LogP contribution in [0.4, 0.5) is 0 Å². The van der Waals surface area contributed by atoms with E-state index in [-0.39, 0.29) is 5.75 Å². The van der Waals surface area contributed by atoms with Gasteiger partial charge < -0.3 is 0 Å². The Labute approximate surface area is 109 Å². The molecule has 0 saturated heterocycles. The van der Waals surface area contributed by atoms with E-state index in [1.54, 1.807) is 0 Å². The Morgan fingerprint density at radius 3 is 2.67 bits per heavy atom. The van der Waals surface area contributed by atoms with Gasteiger partial charge in [-0.1, -0.05) is 0 Å². The van der Waals surface area contributed by atoms with Crippen molar-refractivity contribution < 1.29 is 19.7 Å². The summed E-state index contributed by atoms with van der Waals surface area (Å²) in [4.78, 5) is 15.4. The van der Waals surface area contributed by atoms with Gasteiger partial charge in [0.2, 0.25) is 0 Å². The summed E-state index contributed by atoms with van der Waals surface area (Å²) in [7, 11) is 0.453.